The fraction of sp³-hybridized carbons (Fsp3) is 0.500. The van der Waals surface area contributed by atoms with Crippen LogP contribution in [0.5, 0.6) is 0 Å². The number of pyridine rings is 1. The first-order valence-electron chi connectivity index (χ1n) is 4.75. The van der Waals surface area contributed by atoms with E-state index in [1.807, 2.05) is 25.4 Å². The largest absolute Gasteiger partial charge is 0.388 e. The molecular formula is C10H15N3O. The molecule has 1 aliphatic rings. The van der Waals surface area contributed by atoms with Crippen LogP contribution in [0.1, 0.15) is 0 Å². The van der Waals surface area contributed by atoms with E-state index in [0.29, 0.717) is 6.10 Å². The Balaban J connectivity index is 2.03. The number of hydrogen-bond donors (Lipinski definition) is 1. The average Bonchev–Trinajstić information content (AvgIpc) is 2.17. The molecule has 0 bridgehead atoms. The van der Waals surface area contributed by atoms with Gasteiger partial charge in [0.15, 0.2) is 0 Å². The maximum absolute atomic E-state index is 5.21. The van der Waals surface area contributed by atoms with Crippen molar-refractivity contribution < 1.29 is 4.74 Å². The lowest BCUT2D eigenvalue weighted by Gasteiger charge is -2.39. The predicted molar refractivity (Wildman–Crippen MR) is 56.8 cm³/mol. The van der Waals surface area contributed by atoms with Crippen molar-refractivity contribution in [2.24, 2.45) is 0 Å². The summed E-state index contributed by atoms with van der Waals surface area (Å²) in [6.07, 6.45) is 2.19. The van der Waals surface area contributed by atoms with E-state index >= 15 is 0 Å². The highest BCUT2D eigenvalue weighted by atomic mass is 16.5. The highest BCUT2D eigenvalue weighted by molar-refractivity contribution is 5.54. The standard InChI is InChI=1S/C10H15N3O/c1-11-8-3-4-12-10(5-8)13-6-9(7-13)14-2/h3-5,9H,6-7H2,1-2H3,(H,11,12). The Morgan fingerprint density at radius 1 is 1.57 bits per heavy atom. The summed E-state index contributed by atoms with van der Waals surface area (Å²) >= 11 is 0. The van der Waals surface area contributed by atoms with Gasteiger partial charge in [-0.05, 0) is 6.07 Å². The van der Waals surface area contributed by atoms with Crippen molar-refractivity contribution in [1.29, 1.82) is 0 Å². The molecule has 1 fully saturated rings. The smallest absolute Gasteiger partial charge is 0.130 e. The zero-order chi connectivity index (χ0) is 9.97. The number of ether oxygens (including phenoxy) is 1. The minimum Gasteiger partial charge on any atom is -0.388 e. The van der Waals surface area contributed by atoms with E-state index in [4.69, 9.17) is 4.74 Å². The van der Waals surface area contributed by atoms with Crippen LogP contribution in [0.2, 0.25) is 0 Å². The molecule has 0 atom stereocenters. The van der Waals surface area contributed by atoms with Gasteiger partial charge in [-0.2, -0.15) is 0 Å². The van der Waals surface area contributed by atoms with Gasteiger partial charge in [-0.15, -0.1) is 0 Å². The molecule has 76 valence electrons. The molecule has 2 rings (SSSR count). The molecule has 0 amide bonds. The molecule has 1 aromatic rings. The normalized spacial score (nSPS) is 16.6. The summed E-state index contributed by atoms with van der Waals surface area (Å²) in [5, 5.41) is 3.10. The molecule has 0 aromatic carbocycles. The van der Waals surface area contributed by atoms with Crippen molar-refractivity contribution in [3.63, 3.8) is 0 Å². The second-order valence-electron chi connectivity index (χ2n) is 3.42. The Morgan fingerprint density at radius 3 is 3.00 bits per heavy atom. The van der Waals surface area contributed by atoms with E-state index < -0.39 is 0 Å². The average molecular weight is 193 g/mol. The lowest BCUT2D eigenvalue weighted by molar-refractivity contribution is 0.0783. The molecule has 4 nitrogen and oxygen atoms in total. The Kier molecular flexibility index (Phi) is 2.54. The first-order valence-corrected chi connectivity index (χ1v) is 4.75. The van der Waals surface area contributed by atoms with Gasteiger partial charge >= 0.3 is 0 Å². The van der Waals surface area contributed by atoms with Crippen LogP contribution < -0.4 is 10.2 Å². The van der Waals surface area contributed by atoms with E-state index in [1.54, 1.807) is 7.11 Å². The van der Waals surface area contributed by atoms with Crippen LogP contribution in [0.15, 0.2) is 18.3 Å². The zero-order valence-electron chi connectivity index (χ0n) is 8.53. The molecule has 0 aliphatic carbocycles. The third kappa shape index (κ3) is 1.65. The molecule has 0 saturated carbocycles. The van der Waals surface area contributed by atoms with E-state index in [9.17, 15) is 0 Å². The maximum Gasteiger partial charge on any atom is 0.130 e. The van der Waals surface area contributed by atoms with Crippen LogP contribution >= 0.6 is 0 Å². The van der Waals surface area contributed by atoms with Crippen LogP contribution in [-0.2, 0) is 4.74 Å². The van der Waals surface area contributed by atoms with Crippen LogP contribution in [0.4, 0.5) is 11.5 Å². The summed E-state index contributed by atoms with van der Waals surface area (Å²) in [7, 11) is 3.66. The number of methoxy groups -OCH3 is 1. The fourth-order valence-electron chi connectivity index (χ4n) is 1.52. The number of rotatable bonds is 3. The van der Waals surface area contributed by atoms with E-state index in [-0.39, 0.29) is 0 Å². The second kappa shape index (κ2) is 3.84. The topological polar surface area (TPSA) is 37.4 Å². The van der Waals surface area contributed by atoms with Crippen molar-refractivity contribution in [2.75, 3.05) is 37.5 Å². The SMILES string of the molecule is CNc1ccnc(N2CC(OC)C2)c1. The van der Waals surface area contributed by atoms with Gasteiger partial charge in [0.1, 0.15) is 5.82 Å². The lowest BCUT2D eigenvalue weighted by atomic mass is 10.1. The third-order valence-electron chi connectivity index (χ3n) is 2.54. The fourth-order valence-corrected chi connectivity index (χ4v) is 1.52. The van der Waals surface area contributed by atoms with Gasteiger partial charge in [0, 0.05) is 45.2 Å². The summed E-state index contributed by atoms with van der Waals surface area (Å²) in [4.78, 5) is 6.51. The summed E-state index contributed by atoms with van der Waals surface area (Å²) in [6, 6.07) is 4.00. The minimum atomic E-state index is 0.370. The molecule has 0 unspecified atom stereocenters. The zero-order valence-corrected chi connectivity index (χ0v) is 8.53. The molecule has 4 heteroatoms. The molecule has 2 heterocycles. The van der Waals surface area contributed by atoms with Gasteiger partial charge < -0.3 is 15.0 Å². The molecular weight excluding hydrogens is 178 g/mol. The number of nitrogens with zero attached hydrogens (tertiary/aromatic N) is 2. The van der Waals surface area contributed by atoms with Gasteiger partial charge in [0.05, 0.1) is 6.10 Å². The van der Waals surface area contributed by atoms with Crippen molar-refractivity contribution in [2.45, 2.75) is 6.10 Å². The Hall–Kier alpha value is -1.29. The molecule has 0 spiro atoms. The highest BCUT2D eigenvalue weighted by Crippen LogP contribution is 2.22. The number of nitrogens with one attached hydrogen (secondary N) is 1. The van der Waals surface area contributed by atoms with Crippen molar-refractivity contribution in [1.82, 2.24) is 4.98 Å². The van der Waals surface area contributed by atoms with E-state index in [1.165, 1.54) is 0 Å². The summed E-state index contributed by atoms with van der Waals surface area (Å²) in [5.41, 5.74) is 1.09. The number of hydrogen-bond acceptors (Lipinski definition) is 4. The van der Waals surface area contributed by atoms with E-state index in [0.717, 1.165) is 24.6 Å². The molecule has 14 heavy (non-hydrogen) atoms. The molecule has 1 saturated heterocycles. The predicted octanol–water partition coefficient (Wildman–Crippen LogP) is 0.958. The highest BCUT2D eigenvalue weighted by Gasteiger charge is 2.27. The van der Waals surface area contributed by atoms with Crippen molar-refractivity contribution in [3.05, 3.63) is 18.3 Å². The number of aromatic nitrogens is 1. The third-order valence-corrected chi connectivity index (χ3v) is 2.54. The van der Waals surface area contributed by atoms with Gasteiger partial charge in [0.25, 0.3) is 0 Å². The maximum atomic E-state index is 5.21. The summed E-state index contributed by atoms with van der Waals surface area (Å²) in [6.45, 7) is 1.88. The summed E-state index contributed by atoms with van der Waals surface area (Å²) in [5.74, 6) is 1.02. The molecule has 1 N–H and O–H groups in total. The second-order valence-corrected chi connectivity index (χ2v) is 3.42. The molecule has 0 radical (unpaired) electrons. The first kappa shape index (κ1) is 9.27. The van der Waals surface area contributed by atoms with Crippen LogP contribution in [0.25, 0.3) is 0 Å². The first-order chi connectivity index (χ1) is 6.83. The molecule has 1 aromatic heterocycles. The van der Waals surface area contributed by atoms with Crippen molar-refractivity contribution in [3.8, 4) is 0 Å². The number of anilines is 2. The quantitative estimate of drug-likeness (QED) is 0.775. The van der Waals surface area contributed by atoms with Crippen molar-refractivity contribution >= 4 is 11.5 Å². The Labute approximate surface area is 83.9 Å². The monoisotopic (exact) mass is 193 g/mol. The van der Waals surface area contributed by atoms with Gasteiger partial charge in [-0.1, -0.05) is 0 Å². The Bertz CT molecular complexity index is 310. The minimum absolute atomic E-state index is 0.370. The van der Waals surface area contributed by atoms with Gasteiger partial charge in [-0.3, -0.25) is 0 Å². The Morgan fingerprint density at radius 2 is 2.36 bits per heavy atom. The van der Waals surface area contributed by atoms with E-state index in [2.05, 4.69) is 15.2 Å². The van der Waals surface area contributed by atoms with Crippen LogP contribution in [0.3, 0.4) is 0 Å². The van der Waals surface area contributed by atoms with Gasteiger partial charge in [0.2, 0.25) is 0 Å². The lowest BCUT2D eigenvalue weighted by Crippen LogP contribution is -2.52. The molecule has 1 aliphatic heterocycles. The van der Waals surface area contributed by atoms with Gasteiger partial charge in [-0.25, -0.2) is 4.98 Å². The van der Waals surface area contributed by atoms with Crippen LogP contribution in [0, 0.1) is 0 Å². The summed E-state index contributed by atoms with van der Waals surface area (Å²) < 4.78 is 5.21. The van der Waals surface area contributed by atoms with Crippen LogP contribution in [-0.4, -0.2) is 38.3 Å².